The molecular weight excluding hydrogens is 256 g/mol. The Balaban J connectivity index is 2.39. The van der Waals surface area contributed by atoms with Crippen molar-refractivity contribution >= 4 is 11.6 Å². The molecule has 0 saturated heterocycles. The number of benzene rings is 1. The number of rotatable bonds is 9. The van der Waals surface area contributed by atoms with Gasteiger partial charge in [0, 0.05) is 24.8 Å². The highest BCUT2D eigenvalue weighted by Crippen LogP contribution is 2.12. The number of nitrogens with two attached hydrogens (primary N) is 1. The van der Waals surface area contributed by atoms with Crippen LogP contribution in [0.2, 0.25) is 0 Å². The maximum absolute atomic E-state index is 11.6. The largest absolute Gasteiger partial charge is 0.379 e. The first-order valence-corrected chi connectivity index (χ1v) is 6.91. The van der Waals surface area contributed by atoms with Gasteiger partial charge in [0.2, 0.25) is 5.91 Å². The molecule has 0 spiro atoms. The molecule has 0 aliphatic rings. The zero-order chi connectivity index (χ0) is 14.8. The van der Waals surface area contributed by atoms with E-state index < -0.39 is 0 Å². The minimum Gasteiger partial charge on any atom is -0.379 e. The van der Waals surface area contributed by atoms with E-state index in [0.717, 1.165) is 11.3 Å². The van der Waals surface area contributed by atoms with Gasteiger partial charge in [-0.05, 0) is 31.5 Å². The molecule has 5 nitrogen and oxygen atoms in total. The molecule has 1 unspecified atom stereocenters. The van der Waals surface area contributed by atoms with Crippen LogP contribution in [-0.2, 0) is 20.9 Å². The van der Waals surface area contributed by atoms with Crippen LogP contribution in [0, 0.1) is 0 Å². The molecule has 3 N–H and O–H groups in total. The van der Waals surface area contributed by atoms with Crippen LogP contribution in [0.1, 0.15) is 25.8 Å². The molecule has 1 amide bonds. The normalized spacial score (nSPS) is 12.2. The van der Waals surface area contributed by atoms with Gasteiger partial charge >= 0.3 is 0 Å². The summed E-state index contributed by atoms with van der Waals surface area (Å²) in [5, 5.41) is 2.83. The molecule has 0 aliphatic heterocycles. The third-order valence-corrected chi connectivity index (χ3v) is 2.56. The average molecular weight is 280 g/mol. The lowest BCUT2D eigenvalue weighted by molar-refractivity contribution is -0.116. The van der Waals surface area contributed by atoms with E-state index in [4.69, 9.17) is 15.2 Å². The second-order valence-corrected chi connectivity index (χ2v) is 4.68. The molecule has 5 heteroatoms. The van der Waals surface area contributed by atoms with Crippen LogP contribution >= 0.6 is 0 Å². The summed E-state index contributed by atoms with van der Waals surface area (Å²) in [6.07, 6.45) is 0.315. The van der Waals surface area contributed by atoms with Gasteiger partial charge in [0.25, 0.3) is 0 Å². The summed E-state index contributed by atoms with van der Waals surface area (Å²) < 4.78 is 10.7. The fraction of sp³-hybridized carbons (Fsp3) is 0.533. The summed E-state index contributed by atoms with van der Waals surface area (Å²) in [4.78, 5) is 11.6. The topological polar surface area (TPSA) is 73.6 Å². The lowest BCUT2D eigenvalue weighted by Gasteiger charge is -2.09. The van der Waals surface area contributed by atoms with Crippen molar-refractivity contribution in [2.45, 2.75) is 32.9 Å². The molecule has 1 aromatic rings. The van der Waals surface area contributed by atoms with Crippen LogP contribution < -0.4 is 11.1 Å². The monoisotopic (exact) mass is 280 g/mol. The number of anilines is 1. The minimum absolute atomic E-state index is 0.0746. The van der Waals surface area contributed by atoms with E-state index in [2.05, 4.69) is 5.32 Å². The van der Waals surface area contributed by atoms with Gasteiger partial charge in [-0.2, -0.15) is 0 Å². The van der Waals surface area contributed by atoms with E-state index in [0.29, 0.717) is 32.8 Å². The molecular formula is C15H24N2O3. The molecule has 0 aliphatic carbocycles. The van der Waals surface area contributed by atoms with E-state index in [1.165, 1.54) is 0 Å². The number of carbonyl (C=O) groups is 1. The Labute approximate surface area is 120 Å². The number of ether oxygens (including phenoxy) is 2. The number of hydrogen-bond acceptors (Lipinski definition) is 4. The van der Waals surface area contributed by atoms with Crippen molar-refractivity contribution in [2.75, 3.05) is 25.1 Å². The first-order valence-electron chi connectivity index (χ1n) is 6.91. The smallest absolute Gasteiger partial charge is 0.225 e. The summed E-state index contributed by atoms with van der Waals surface area (Å²) in [6, 6.07) is 7.47. The van der Waals surface area contributed by atoms with E-state index in [1.807, 2.05) is 38.1 Å². The first-order chi connectivity index (χ1) is 9.61. The van der Waals surface area contributed by atoms with Crippen molar-refractivity contribution in [3.63, 3.8) is 0 Å². The highest BCUT2D eigenvalue weighted by molar-refractivity contribution is 5.91. The number of amides is 1. The molecule has 0 heterocycles. The van der Waals surface area contributed by atoms with Crippen molar-refractivity contribution in [1.29, 1.82) is 0 Å². The standard InChI is InChI=1S/C15H24N2O3/c1-3-19-7-8-20-11-13-5-4-6-14(10-13)17-15(18)9-12(2)16/h4-6,10,12H,3,7-9,11,16H2,1-2H3,(H,17,18). The Bertz CT molecular complexity index is 408. The highest BCUT2D eigenvalue weighted by Gasteiger charge is 2.05. The number of carbonyl (C=O) groups excluding carboxylic acids is 1. The van der Waals surface area contributed by atoms with E-state index >= 15 is 0 Å². The van der Waals surface area contributed by atoms with Crippen molar-refractivity contribution < 1.29 is 14.3 Å². The van der Waals surface area contributed by atoms with E-state index in [-0.39, 0.29) is 11.9 Å². The van der Waals surface area contributed by atoms with Gasteiger partial charge in [-0.3, -0.25) is 4.79 Å². The summed E-state index contributed by atoms with van der Waals surface area (Å²) in [5.74, 6) is -0.0746. The van der Waals surface area contributed by atoms with Crippen LogP contribution in [0.3, 0.4) is 0 Å². The van der Waals surface area contributed by atoms with Crippen molar-refractivity contribution in [3.8, 4) is 0 Å². The predicted octanol–water partition coefficient (Wildman–Crippen LogP) is 1.92. The summed E-state index contributed by atoms with van der Waals surface area (Å²) in [6.45, 7) is 6.13. The molecule has 0 fully saturated rings. The molecule has 1 atom stereocenters. The molecule has 112 valence electrons. The fourth-order valence-corrected chi connectivity index (χ4v) is 1.70. The van der Waals surface area contributed by atoms with Crippen LogP contribution in [-0.4, -0.2) is 31.8 Å². The van der Waals surface area contributed by atoms with E-state index in [9.17, 15) is 4.79 Å². The van der Waals surface area contributed by atoms with Gasteiger partial charge in [-0.1, -0.05) is 12.1 Å². The maximum Gasteiger partial charge on any atom is 0.225 e. The zero-order valence-corrected chi connectivity index (χ0v) is 12.2. The average Bonchev–Trinajstić information content (AvgIpc) is 2.38. The minimum atomic E-state index is -0.139. The summed E-state index contributed by atoms with van der Waals surface area (Å²) in [5.41, 5.74) is 7.37. The van der Waals surface area contributed by atoms with Gasteiger partial charge < -0.3 is 20.5 Å². The van der Waals surface area contributed by atoms with Gasteiger partial charge in [-0.25, -0.2) is 0 Å². The quantitative estimate of drug-likeness (QED) is 0.678. The van der Waals surface area contributed by atoms with Gasteiger partial charge in [0.05, 0.1) is 19.8 Å². The van der Waals surface area contributed by atoms with Crippen LogP contribution in [0.25, 0.3) is 0 Å². The third kappa shape index (κ3) is 7.23. The lowest BCUT2D eigenvalue weighted by atomic mass is 10.2. The van der Waals surface area contributed by atoms with Crippen molar-refractivity contribution in [2.24, 2.45) is 5.73 Å². The van der Waals surface area contributed by atoms with Crippen LogP contribution in [0.4, 0.5) is 5.69 Å². The maximum atomic E-state index is 11.6. The molecule has 1 rings (SSSR count). The first kappa shape index (κ1) is 16.6. The van der Waals surface area contributed by atoms with Gasteiger partial charge in [-0.15, -0.1) is 0 Å². The van der Waals surface area contributed by atoms with Crippen molar-refractivity contribution in [1.82, 2.24) is 0 Å². The molecule has 20 heavy (non-hydrogen) atoms. The third-order valence-electron chi connectivity index (χ3n) is 2.56. The number of hydrogen-bond donors (Lipinski definition) is 2. The molecule has 0 bridgehead atoms. The second kappa shape index (κ2) is 9.47. The number of nitrogens with one attached hydrogen (secondary N) is 1. The Kier molecular flexibility index (Phi) is 7.87. The second-order valence-electron chi connectivity index (χ2n) is 4.68. The van der Waals surface area contributed by atoms with Gasteiger partial charge in [0.1, 0.15) is 0 Å². The fourth-order valence-electron chi connectivity index (χ4n) is 1.70. The summed E-state index contributed by atoms with van der Waals surface area (Å²) >= 11 is 0. The molecule has 1 aromatic carbocycles. The molecule has 0 aromatic heterocycles. The van der Waals surface area contributed by atoms with E-state index in [1.54, 1.807) is 0 Å². The summed E-state index contributed by atoms with van der Waals surface area (Å²) in [7, 11) is 0. The van der Waals surface area contributed by atoms with Crippen molar-refractivity contribution in [3.05, 3.63) is 29.8 Å². The Hall–Kier alpha value is -1.43. The Morgan fingerprint density at radius 2 is 2.10 bits per heavy atom. The zero-order valence-electron chi connectivity index (χ0n) is 12.2. The van der Waals surface area contributed by atoms with Gasteiger partial charge in [0.15, 0.2) is 0 Å². The SMILES string of the molecule is CCOCCOCc1cccc(NC(=O)CC(C)N)c1. The highest BCUT2D eigenvalue weighted by atomic mass is 16.5. The molecule has 0 saturated carbocycles. The Morgan fingerprint density at radius 1 is 1.35 bits per heavy atom. The lowest BCUT2D eigenvalue weighted by Crippen LogP contribution is -2.24. The molecule has 0 radical (unpaired) electrons. The Morgan fingerprint density at radius 3 is 2.80 bits per heavy atom. The van der Waals surface area contributed by atoms with Crippen LogP contribution in [0.5, 0.6) is 0 Å². The predicted molar refractivity (Wildman–Crippen MR) is 79.5 cm³/mol. The van der Waals surface area contributed by atoms with Crippen LogP contribution in [0.15, 0.2) is 24.3 Å².